The summed E-state index contributed by atoms with van der Waals surface area (Å²) in [7, 11) is 0. The van der Waals surface area contributed by atoms with Gasteiger partial charge in [0.1, 0.15) is 5.54 Å². The van der Waals surface area contributed by atoms with Crippen LogP contribution in [0.25, 0.3) is 0 Å². The first-order valence-electron chi connectivity index (χ1n) is 8.30. The Hall–Kier alpha value is -1.10. The van der Waals surface area contributed by atoms with E-state index in [1.54, 1.807) is 4.90 Å². The monoisotopic (exact) mass is 296 g/mol. The highest BCUT2D eigenvalue weighted by Gasteiger charge is 2.50. The van der Waals surface area contributed by atoms with E-state index in [9.17, 15) is 14.7 Å². The van der Waals surface area contributed by atoms with Crippen LogP contribution in [0.4, 0.5) is 0 Å². The van der Waals surface area contributed by atoms with Gasteiger partial charge >= 0.3 is 5.97 Å². The number of aliphatic carboxylic acids is 1. The van der Waals surface area contributed by atoms with Crippen molar-refractivity contribution in [3.63, 3.8) is 0 Å². The Balaban J connectivity index is 2.08. The number of carboxylic acids is 1. The molecule has 1 heterocycles. The van der Waals surface area contributed by atoms with E-state index in [4.69, 9.17) is 5.73 Å². The van der Waals surface area contributed by atoms with Crippen molar-refractivity contribution in [3.8, 4) is 0 Å². The Labute approximate surface area is 126 Å². The predicted molar refractivity (Wildman–Crippen MR) is 80.7 cm³/mol. The predicted octanol–water partition coefficient (Wildman–Crippen LogP) is 2.00. The van der Waals surface area contributed by atoms with E-state index in [1.165, 1.54) is 0 Å². The summed E-state index contributed by atoms with van der Waals surface area (Å²) >= 11 is 0. The van der Waals surface area contributed by atoms with Crippen molar-refractivity contribution in [2.24, 2.45) is 17.6 Å². The minimum Gasteiger partial charge on any atom is -0.479 e. The normalized spacial score (nSPS) is 33.1. The van der Waals surface area contributed by atoms with E-state index in [1.807, 2.05) is 6.92 Å². The zero-order valence-electron chi connectivity index (χ0n) is 13.0. The fourth-order valence-electron chi connectivity index (χ4n) is 4.07. The van der Waals surface area contributed by atoms with E-state index < -0.39 is 11.5 Å². The maximum Gasteiger partial charge on any atom is 0.329 e. The van der Waals surface area contributed by atoms with Crippen LogP contribution in [-0.4, -0.2) is 40.5 Å². The van der Waals surface area contributed by atoms with E-state index in [0.717, 1.165) is 38.5 Å². The summed E-state index contributed by atoms with van der Waals surface area (Å²) in [6, 6.07) is 0. The molecule has 1 amide bonds. The van der Waals surface area contributed by atoms with Crippen LogP contribution in [0.5, 0.6) is 0 Å². The molecule has 1 atom stereocenters. The average Bonchev–Trinajstić information content (AvgIpc) is 2.92. The minimum atomic E-state index is -0.948. The number of nitrogens with zero attached hydrogens (tertiary/aromatic N) is 1. The molecule has 0 aromatic carbocycles. The van der Waals surface area contributed by atoms with E-state index in [0.29, 0.717) is 31.8 Å². The molecule has 0 bridgehead atoms. The lowest BCUT2D eigenvalue weighted by molar-refractivity contribution is -0.159. The third-order valence-electron chi connectivity index (χ3n) is 5.35. The van der Waals surface area contributed by atoms with E-state index in [2.05, 4.69) is 0 Å². The van der Waals surface area contributed by atoms with Crippen LogP contribution in [0, 0.1) is 11.8 Å². The first kappa shape index (κ1) is 16.3. The maximum atomic E-state index is 12.8. The molecule has 2 rings (SSSR count). The molecule has 1 saturated heterocycles. The van der Waals surface area contributed by atoms with Crippen molar-refractivity contribution < 1.29 is 14.7 Å². The molecule has 1 saturated carbocycles. The first-order chi connectivity index (χ1) is 10.0. The number of carbonyl (C=O) groups excluding carboxylic acids is 1. The summed E-state index contributed by atoms with van der Waals surface area (Å²) in [5.41, 5.74) is 4.75. The van der Waals surface area contributed by atoms with Crippen LogP contribution >= 0.6 is 0 Å². The Bertz CT molecular complexity index is 391. The maximum absolute atomic E-state index is 12.8. The highest BCUT2D eigenvalue weighted by atomic mass is 16.4. The number of amides is 1. The zero-order valence-corrected chi connectivity index (χ0v) is 13.0. The molecule has 120 valence electrons. The minimum absolute atomic E-state index is 0.00137. The highest BCUT2D eigenvalue weighted by Crippen LogP contribution is 2.38. The fraction of sp³-hybridized carbons (Fsp3) is 0.875. The lowest BCUT2D eigenvalue weighted by atomic mass is 9.80. The molecule has 5 heteroatoms. The number of hydrogen-bond donors (Lipinski definition) is 2. The van der Waals surface area contributed by atoms with Crippen LogP contribution in [0.2, 0.25) is 0 Å². The second kappa shape index (κ2) is 6.77. The van der Waals surface area contributed by atoms with Crippen molar-refractivity contribution in [2.45, 2.75) is 63.8 Å². The molecule has 1 aliphatic carbocycles. The number of hydrogen-bond acceptors (Lipinski definition) is 3. The van der Waals surface area contributed by atoms with Gasteiger partial charge in [-0.2, -0.15) is 0 Å². The Kier molecular flexibility index (Phi) is 5.25. The SMILES string of the molecule is CCCC1(C(=O)O)CCCN1C(=O)C1CCC(CN)CC1. The zero-order chi connectivity index (χ0) is 15.5. The molecule has 0 radical (unpaired) electrons. The molecule has 2 aliphatic rings. The van der Waals surface area contributed by atoms with Gasteiger partial charge in [-0.3, -0.25) is 4.79 Å². The summed E-state index contributed by atoms with van der Waals surface area (Å²) in [6.45, 7) is 3.28. The number of carboxylic acid groups (broad SMARTS) is 1. The number of likely N-dealkylation sites (tertiary alicyclic amines) is 1. The molecule has 0 aromatic rings. The number of carbonyl (C=O) groups is 2. The Morgan fingerprint density at radius 1 is 1.29 bits per heavy atom. The van der Waals surface area contributed by atoms with Crippen LogP contribution in [-0.2, 0) is 9.59 Å². The standard InChI is InChI=1S/C16H28N2O3/c1-2-8-16(15(20)21)9-3-10-18(16)14(19)13-6-4-12(11-17)5-7-13/h12-13H,2-11,17H2,1H3,(H,20,21). The second-order valence-electron chi connectivity index (χ2n) is 6.63. The molecule has 0 spiro atoms. The third-order valence-corrected chi connectivity index (χ3v) is 5.35. The third kappa shape index (κ3) is 3.07. The Morgan fingerprint density at radius 2 is 1.95 bits per heavy atom. The quantitative estimate of drug-likeness (QED) is 0.812. The van der Waals surface area contributed by atoms with Crippen LogP contribution in [0.1, 0.15) is 58.3 Å². The molecule has 0 aromatic heterocycles. The number of rotatable bonds is 5. The summed E-state index contributed by atoms with van der Waals surface area (Å²) in [5.74, 6) is -0.223. The van der Waals surface area contributed by atoms with Gasteiger partial charge in [0.15, 0.2) is 0 Å². The highest BCUT2D eigenvalue weighted by molar-refractivity contribution is 5.88. The summed E-state index contributed by atoms with van der Waals surface area (Å²) in [6.07, 6.45) is 6.46. The van der Waals surface area contributed by atoms with Crippen molar-refractivity contribution in [1.82, 2.24) is 4.90 Å². The fourth-order valence-corrected chi connectivity index (χ4v) is 4.07. The first-order valence-corrected chi connectivity index (χ1v) is 8.30. The van der Waals surface area contributed by atoms with Gasteiger partial charge in [0.05, 0.1) is 0 Å². The largest absolute Gasteiger partial charge is 0.479 e. The Morgan fingerprint density at radius 3 is 2.48 bits per heavy atom. The topological polar surface area (TPSA) is 83.6 Å². The second-order valence-corrected chi connectivity index (χ2v) is 6.63. The smallest absolute Gasteiger partial charge is 0.329 e. The van der Waals surface area contributed by atoms with Crippen molar-refractivity contribution in [3.05, 3.63) is 0 Å². The van der Waals surface area contributed by atoms with Crippen LogP contribution in [0.15, 0.2) is 0 Å². The van der Waals surface area contributed by atoms with Gasteiger partial charge in [-0.15, -0.1) is 0 Å². The molecule has 1 aliphatic heterocycles. The van der Waals surface area contributed by atoms with Gasteiger partial charge < -0.3 is 15.7 Å². The molecule has 2 fully saturated rings. The summed E-state index contributed by atoms with van der Waals surface area (Å²) in [4.78, 5) is 26.3. The van der Waals surface area contributed by atoms with Gasteiger partial charge in [-0.05, 0) is 57.4 Å². The van der Waals surface area contributed by atoms with Gasteiger partial charge in [0.2, 0.25) is 5.91 Å². The molecular weight excluding hydrogens is 268 g/mol. The molecule has 3 N–H and O–H groups in total. The van der Waals surface area contributed by atoms with Crippen LogP contribution < -0.4 is 5.73 Å². The van der Waals surface area contributed by atoms with Crippen molar-refractivity contribution in [2.75, 3.05) is 13.1 Å². The average molecular weight is 296 g/mol. The summed E-state index contributed by atoms with van der Waals surface area (Å²) < 4.78 is 0. The lowest BCUT2D eigenvalue weighted by Gasteiger charge is -2.38. The van der Waals surface area contributed by atoms with Gasteiger partial charge in [0, 0.05) is 12.5 Å². The molecule has 5 nitrogen and oxygen atoms in total. The van der Waals surface area contributed by atoms with Crippen LogP contribution in [0.3, 0.4) is 0 Å². The van der Waals surface area contributed by atoms with Gasteiger partial charge in [0.25, 0.3) is 0 Å². The number of nitrogens with two attached hydrogens (primary N) is 1. The summed E-state index contributed by atoms with van der Waals surface area (Å²) in [5, 5.41) is 9.68. The molecule has 21 heavy (non-hydrogen) atoms. The van der Waals surface area contributed by atoms with Gasteiger partial charge in [-0.25, -0.2) is 4.79 Å². The lowest BCUT2D eigenvalue weighted by Crippen LogP contribution is -2.54. The van der Waals surface area contributed by atoms with Crippen molar-refractivity contribution in [1.29, 1.82) is 0 Å². The molecular formula is C16H28N2O3. The van der Waals surface area contributed by atoms with E-state index in [-0.39, 0.29) is 11.8 Å². The van der Waals surface area contributed by atoms with Crippen molar-refractivity contribution >= 4 is 11.9 Å². The van der Waals surface area contributed by atoms with Gasteiger partial charge in [-0.1, -0.05) is 13.3 Å². The van der Waals surface area contributed by atoms with E-state index >= 15 is 0 Å². The molecule has 1 unspecified atom stereocenters.